The molecule has 0 aromatic heterocycles. The van der Waals surface area contributed by atoms with Gasteiger partial charge in [0.25, 0.3) is 0 Å². The average Bonchev–Trinajstić information content (AvgIpc) is 3.01. The molecular weight excluding hydrogens is 468 g/mol. The molecular formula is C39H78. The van der Waals surface area contributed by atoms with Gasteiger partial charge in [-0.15, -0.1) is 0 Å². The van der Waals surface area contributed by atoms with Crippen molar-refractivity contribution in [1.82, 2.24) is 0 Å². The molecule has 3 rings (SSSR count). The molecule has 0 spiro atoms. The van der Waals surface area contributed by atoms with Gasteiger partial charge < -0.3 is 0 Å². The van der Waals surface area contributed by atoms with E-state index in [0.29, 0.717) is 0 Å². The second-order valence-corrected chi connectivity index (χ2v) is 15.2. The first-order valence-corrected chi connectivity index (χ1v) is 18.9. The zero-order valence-corrected chi connectivity index (χ0v) is 28.6. The molecule has 0 saturated heterocycles. The lowest BCUT2D eigenvalue weighted by molar-refractivity contribution is 0.306. The van der Waals surface area contributed by atoms with E-state index in [-0.39, 0.29) is 0 Å². The highest BCUT2D eigenvalue weighted by molar-refractivity contribution is 4.67. The molecule has 0 aromatic rings. The van der Waals surface area contributed by atoms with E-state index in [1.54, 1.807) is 0 Å². The van der Waals surface area contributed by atoms with Gasteiger partial charge in [-0.1, -0.05) is 215 Å². The third kappa shape index (κ3) is 21.4. The maximum absolute atomic E-state index is 2.41. The van der Waals surface area contributed by atoms with Crippen LogP contribution in [-0.2, 0) is 0 Å². The van der Waals surface area contributed by atoms with Gasteiger partial charge in [0.05, 0.1) is 0 Å². The topological polar surface area (TPSA) is 0 Å². The number of rotatable bonds is 3. The largest absolute Gasteiger partial charge is 0.0625 e. The fraction of sp³-hybridized carbons (Fsp3) is 1.00. The Kier molecular flexibility index (Phi) is 24.4. The van der Waals surface area contributed by atoms with Gasteiger partial charge in [0, 0.05) is 0 Å². The number of hydrogen-bond donors (Lipinski definition) is 0. The van der Waals surface area contributed by atoms with Gasteiger partial charge >= 0.3 is 0 Å². The molecule has 0 heteroatoms. The van der Waals surface area contributed by atoms with Crippen LogP contribution in [-0.4, -0.2) is 0 Å². The van der Waals surface area contributed by atoms with Crippen LogP contribution in [0.4, 0.5) is 0 Å². The van der Waals surface area contributed by atoms with E-state index in [4.69, 9.17) is 0 Å². The Hall–Kier alpha value is 0. The Morgan fingerprint density at radius 1 is 0.231 bits per heavy atom. The zero-order chi connectivity index (χ0) is 28.6. The van der Waals surface area contributed by atoms with Crippen molar-refractivity contribution in [2.75, 3.05) is 0 Å². The molecule has 0 aromatic carbocycles. The third-order valence-electron chi connectivity index (χ3n) is 10.8. The first-order chi connectivity index (χ1) is 18.9. The first kappa shape index (κ1) is 37.0. The molecule has 0 unspecified atom stereocenters. The summed E-state index contributed by atoms with van der Waals surface area (Å²) in [5.74, 6) is 5.83. The summed E-state index contributed by atoms with van der Waals surface area (Å²) in [7, 11) is 0. The molecule has 3 saturated carbocycles. The monoisotopic (exact) mass is 547 g/mol. The quantitative estimate of drug-likeness (QED) is 0.330. The van der Waals surface area contributed by atoms with Crippen molar-refractivity contribution in [2.24, 2.45) is 35.5 Å². The highest BCUT2D eigenvalue weighted by Gasteiger charge is 2.15. The lowest BCUT2D eigenvalue weighted by Crippen LogP contribution is -2.09. The van der Waals surface area contributed by atoms with E-state index in [0.717, 1.165) is 35.5 Å². The van der Waals surface area contributed by atoms with Crippen LogP contribution in [0.25, 0.3) is 0 Å². The SMILES string of the molecule is CC(C)C1CCCCCCCC1.CC(C)C1CCCCCCCCC1.CC(C)C1CCCCCCCCCC1. The standard InChI is InChI=1S/C14H28.C13H26.C12H24/c1-13(2)14-11-9-7-5-3-4-6-8-10-12-14;1-12(2)13-10-8-6-4-3-5-7-9-11-13;1-11(2)12-9-7-5-3-4-6-8-10-12/h13-14H,3-12H2,1-2H3;12-13H,3-11H2,1-2H3;11-12H,3-10H2,1-2H3. The molecule has 0 nitrogen and oxygen atoms in total. The Morgan fingerprint density at radius 2 is 0.359 bits per heavy atom. The molecule has 234 valence electrons. The Bertz CT molecular complexity index is 456. The summed E-state index contributed by atoms with van der Waals surface area (Å²) in [4.78, 5) is 0. The van der Waals surface area contributed by atoms with Crippen LogP contribution in [0.5, 0.6) is 0 Å². The first-order valence-electron chi connectivity index (χ1n) is 18.9. The predicted octanol–water partition coefficient (Wildman–Crippen LogP) is 14.3. The summed E-state index contributed by atoms with van der Waals surface area (Å²) in [5, 5.41) is 0. The lowest BCUT2D eigenvalue weighted by atomic mass is 9.85. The molecule has 0 N–H and O–H groups in total. The zero-order valence-electron chi connectivity index (χ0n) is 28.6. The Balaban J connectivity index is 0.000000293. The molecule has 39 heavy (non-hydrogen) atoms. The molecule has 3 aliphatic carbocycles. The summed E-state index contributed by atoms with van der Waals surface area (Å²) in [6.45, 7) is 14.4. The third-order valence-corrected chi connectivity index (χ3v) is 10.8. The highest BCUT2D eigenvalue weighted by atomic mass is 14.2. The van der Waals surface area contributed by atoms with Crippen molar-refractivity contribution in [1.29, 1.82) is 0 Å². The van der Waals surface area contributed by atoms with Gasteiger partial charge in [-0.2, -0.15) is 0 Å². The maximum Gasteiger partial charge on any atom is -0.0391 e. The maximum atomic E-state index is 2.41. The Labute approximate surface area is 250 Å². The molecule has 0 heterocycles. The van der Waals surface area contributed by atoms with Gasteiger partial charge in [0.1, 0.15) is 0 Å². The summed E-state index contributed by atoms with van der Waals surface area (Å²) in [5.41, 5.74) is 0. The lowest BCUT2D eigenvalue weighted by Gasteiger charge is -2.21. The van der Waals surface area contributed by atoms with Crippen molar-refractivity contribution in [2.45, 2.75) is 215 Å². The summed E-state index contributed by atoms with van der Waals surface area (Å²) in [6.07, 6.45) is 40.3. The van der Waals surface area contributed by atoms with Gasteiger partial charge in [0.2, 0.25) is 0 Å². The molecule has 0 amide bonds. The second-order valence-electron chi connectivity index (χ2n) is 15.2. The van der Waals surface area contributed by atoms with E-state index in [2.05, 4.69) is 41.5 Å². The van der Waals surface area contributed by atoms with Gasteiger partial charge in [-0.25, -0.2) is 0 Å². The van der Waals surface area contributed by atoms with Crippen LogP contribution in [0, 0.1) is 35.5 Å². The fourth-order valence-corrected chi connectivity index (χ4v) is 7.52. The van der Waals surface area contributed by atoms with Gasteiger partial charge in [-0.05, 0) is 35.5 Å². The second kappa shape index (κ2) is 25.7. The highest BCUT2D eigenvalue weighted by Crippen LogP contribution is 2.29. The van der Waals surface area contributed by atoms with Crippen molar-refractivity contribution in [3.63, 3.8) is 0 Å². The smallest absolute Gasteiger partial charge is 0.0391 e. The predicted molar refractivity (Wildman–Crippen MR) is 180 cm³/mol. The molecule has 0 radical (unpaired) electrons. The minimum absolute atomic E-state index is 0.913. The molecule has 0 bridgehead atoms. The average molecular weight is 547 g/mol. The minimum atomic E-state index is 0.913. The van der Waals surface area contributed by atoms with Crippen LogP contribution >= 0.6 is 0 Å². The van der Waals surface area contributed by atoms with Crippen LogP contribution in [0.15, 0.2) is 0 Å². The molecule has 0 aliphatic heterocycles. The van der Waals surface area contributed by atoms with E-state index in [9.17, 15) is 0 Å². The molecule has 3 aliphatic rings. The van der Waals surface area contributed by atoms with E-state index < -0.39 is 0 Å². The summed E-state index contributed by atoms with van der Waals surface area (Å²) in [6, 6.07) is 0. The van der Waals surface area contributed by atoms with Gasteiger partial charge in [0.15, 0.2) is 0 Å². The van der Waals surface area contributed by atoms with Crippen LogP contribution < -0.4 is 0 Å². The van der Waals surface area contributed by atoms with Crippen LogP contribution in [0.2, 0.25) is 0 Å². The van der Waals surface area contributed by atoms with Crippen LogP contribution in [0.3, 0.4) is 0 Å². The van der Waals surface area contributed by atoms with Crippen molar-refractivity contribution in [3.8, 4) is 0 Å². The minimum Gasteiger partial charge on any atom is -0.0625 e. The van der Waals surface area contributed by atoms with E-state index in [1.165, 1.54) is 173 Å². The van der Waals surface area contributed by atoms with Crippen LogP contribution in [0.1, 0.15) is 215 Å². The normalized spacial score (nSPS) is 23.3. The number of hydrogen-bond acceptors (Lipinski definition) is 0. The Morgan fingerprint density at radius 3 is 0.487 bits per heavy atom. The van der Waals surface area contributed by atoms with E-state index >= 15 is 0 Å². The summed E-state index contributed by atoms with van der Waals surface area (Å²) < 4.78 is 0. The van der Waals surface area contributed by atoms with Crippen molar-refractivity contribution in [3.05, 3.63) is 0 Å². The molecule has 0 atom stereocenters. The van der Waals surface area contributed by atoms with E-state index in [1.807, 2.05) is 0 Å². The van der Waals surface area contributed by atoms with Crippen molar-refractivity contribution >= 4 is 0 Å². The van der Waals surface area contributed by atoms with Crippen molar-refractivity contribution < 1.29 is 0 Å². The summed E-state index contributed by atoms with van der Waals surface area (Å²) >= 11 is 0. The molecule has 3 fully saturated rings. The van der Waals surface area contributed by atoms with Gasteiger partial charge in [-0.3, -0.25) is 0 Å². The fourth-order valence-electron chi connectivity index (χ4n) is 7.52.